The monoisotopic (exact) mass is 608 g/mol. The number of esters is 1. The summed E-state index contributed by atoms with van der Waals surface area (Å²) in [5, 5.41) is 8.06. The number of amides is 4. The van der Waals surface area contributed by atoms with Crippen LogP contribution in [0.5, 0.6) is 0 Å². The molecule has 5 atom stereocenters. The van der Waals surface area contributed by atoms with Crippen molar-refractivity contribution >= 4 is 35.9 Å². The van der Waals surface area contributed by atoms with E-state index >= 15 is 0 Å². The second kappa shape index (κ2) is 15.7. The molecule has 236 valence electrons. The first-order chi connectivity index (χ1) is 21.0. The van der Waals surface area contributed by atoms with E-state index in [4.69, 9.17) is 4.74 Å². The topological polar surface area (TPSA) is 177 Å². The summed E-state index contributed by atoms with van der Waals surface area (Å²) in [5.41, 5.74) is 0.353. The van der Waals surface area contributed by atoms with E-state index in [0.29, 0.717) is 18.3 Å². The third-order valence-corrected chi connectivity index (χ3v) is 7.33. The van der Waals surface area contributed by atoms with Crippen LogP contribution < -0.4 is 16.0 Å². The van der Waals surface area contributed by atoms with E-state index in [-0.39, 0.29) is 24.6 Å². The van der Waals surface area contributed by atoms with Crippen molar-refractivity contribution in [2.75, 3.05) is 6.54 Å². The lowest BCUT2D eigenvalue weighted by atomic mass is 9.98. The molecule has 0 spiro atoms. The van der Waals surface area contributed by atoms with Crippen LogP contribution >= 0.6 is 0 Å². The smallest absolute Gasteiger partial charge is 0.338 e. The zero-order valence-electron chi connectivity index (χ0n) is 25.6. The summed E-state index contributed by atoms with van der Waals surface area (Å²) in [7, 11) is 0. The number of aldehydes is 1. The largest absolute Gasteiger partial charge is 0.457 e. The predicted molar refractivity (Wildman–Crippen MR) is 159 cm³/mol. The van der Waals surface area contributed by atoms with Gasteiger partial charge in [0, 0.05) is 18.8 Å². The normalized spacial score (nSPS) is 18.2. The molecule has 3 rings (SSSR count). The fourth-order valence-electron chi connectivity index (χ4n) is 4.78. The fraction of sp³-hybridized carbons (Fsp3) is 0.484. The van der Waals surface area contributed by atoms with Gasteiger partial charge in [0.25, 0.3) is 5.91 Å². The zero-order valence-corrected chi connectivity index (χ0v) is 25.6. The molecular weight excluding hydrogens is 568 g/mol. The maximum atomic E-state index is 14.0. The molecule has 0 bridgehead atoms. The average Bonchev–Trinajstić information content (AvgIpc) is 3.45. The van der Waals surface area contributed by atoms with Gasteiger partial charge in [-0.15, -0.1) is 0 Å². The molecule has 3 N–H and O–H groups in total. The van der Waals surface area contributed by atoms with Crippen LogP contribution in [-0.2, 0) is 23.9 Å². The highest BCUT2D eigenvalue weighted by molar-refractivity contribution is 5.98. The third kappa shape index (κ3) is 8.68. The quantitative estimate of drug-likeness (QED) is 0.223. The Bertz CT molecular complexity index is 1320. The second-order valence-electron chi connectivity index (χ2n) is 11.3. The molecule has 2 heterocycles. The summed E-state index contributed by atoms with van der Waals surface area (Å²) in [6.07, 6.45) is 4.22. The van der Waals surface area contributed by atoms with Crippen molar-refractivity contribution in [1.82, 2.24) is 30.8 Å². The van der Waals surface area contributed by atoms with Crippen LogP contribution in [0.15, 0.2) is 48.9 Å². The molecule has 0 radical (unpaired) electrons. The van der Waals surface area contributed by atoms with E-state index in [9.17, 15) is 28.8 Å². The van der Waals surface area contributed by atoms with Crippen molar-refractivity contribution in [3.05, 3.63) is 60.2 Å². The summed E-state index contributed by atoms with van der Waals surface area (Å²) < 4.78 is 5.66. The Kier molecular flexibility index (Phi) is 12.1. The standard InChI is InChI=1S/C31H40N6O7/c1-6-21(17-38)34-28(40)24-14-22(44-31(43)20-10-8-7-9-11-20)16-37(24)30(42)26(19(4)5)36-29(41)25(18(2)3)35-27(39)23-15-32-12-13-33-23/h7-13,15,17-19,21-22,24-26H,6,14,16H2,1-5H3,(H,34,40)(H,35,39)(H,36,41)/t21-,22+,24-,25+,26+/m0/s1. The Hall–Kier alpha value is -4.68. The van der Waals surface area contributed by atoms with Crippen molar-refractivity contribution in [3.8, 4) is 0 Å². The van der Waals surface area contributed by atoms with Gasteiger partial charge in [0.15, 0.2) is 0 Å². The van der Waals surface area contributed by atoms with Crippen LogP contribution in [0.1, 0.15) is 68.3 Å². The maximum Gasteiger partial charge on any atom is 0.338 e. The van der Waals surface area contributed by atoms with Crippen LogP contribution in [0.4, 0.5) is 0 Å². The number of nitrogens with one attached hydrogen (secondary N) is 3. The van der Waals surface area contributed by atoms with Crippen molar-refractivity contribution in [1.29, 1.82) is 0 Å². The van der Waals surface area contributed by atoms with E-state index in [1.165, 1.54) is 23.5 Å². The highest BCUT2D eigenvalue weighted by Gasteiger charge is 2.45. The molecule has 13 heteroatoms. The zero-order chi connectivity index (χ0) is 32.4. The van der Waals surface area contributed by atoms with E-state index in [0.717, 1.165) is 0 Å². The van der Waals surface area contributed by atoms with Crippen LogP contribution in [0.25, 0.3) is 0 Å². The molecule has 2 aromatic rings. The first-order valence-electron chi connectivity index (χ1n) is 14.7. The highest BCUT2D eigenvalue weighted by atomic mass is 16.5. The molecule has 13 nitrogen and oxygen atoms in total. The molecule has 1 aliphatic rings. The number of carbonyl (C=O) groups excluding carboxylic acids is 6. The van der Waals surface area contributed by atoms with Gasteiger partial charge < -0.3 is 30.4 Å². The van der Waals surface area contributed by atoms with Gasteiger partial charge in [-0.1, -0.05) is 52.8 Å². The van der Waals surface area contributed by atoms with Gasteiger partial charge in [0.2, 0.25) is 17.7 Å². The molecule has 1 aliphatic heterocycles. The Labute approximate surface area is 256 Å². The Morgan fingerprint density at radius 3 is 2.23 bits per heavy atom. The Morgan fingerprint density at radius 2 is 1.66 bits per heavy atom. The van der Waals surface area contributed by atoms with Crippen molar-refractivity contribution in [3.63, 3.8) is 0 Å². The molecule has 1 aromatic carbocycles. The van der Waals surface area contributed by atoms with Crippen LogP contribution in [0.2, 0.25) is 0 Å². The van der Waals surface area contributed by atoms with Gasteiger partial charge >= 0.3 is 5.97 Å². The molecule has 0 unspecified atom stereocenters. The average molecular weight is 609 g/mol. The summed E-state index contributed by atoms with van der Waals surface area (Å²) in [6, 6.07) is 4.44. The lowest BCUT2D eigenvalue weighted by Gasteiger charge is -2.32. The molecule has 4 amide bonds. The number of carbonyl (C=O) groups is 6. The fourth-order valence-corrected chi connectivity index (χ4v) is 4.78. The molecule has 0 aliphatic carbocycles. The lowest BCUT2D eigenvalue weighted by molar-refractivity contribution is -0.143. The summed E-state index contributed by atoms with van der Waals surface area (Å²) >= 11 is 0. The minimum Gasteiger partial charge on any atom is -0.457 e. The molecule has 0 saturated carbocycles. The number of benzene rings is 1. The van der Waals surface area contributed by atoms with Gasteiger partial charge in [-0.3, -0.25) is 24.2 Å². The number of ether oxygens (including phenoxy) is 1. The van der Waals surface area contributed by atoms with Crippen molar-refractivity contribution < 1.29 is 33.5 Å². The SMILES string of the molecule is CC[C@@H](C=O)NC(=O)[C@@H]1C[C@@H](OC(=O)c2ccccc2)CN1C(=O)[C@H](NC(=O)[C@H](NC(=O)c1cnccn1)C(C)C)C(C)C. The first-order valence-corrected chi connectivity index (χ1v) is 14.7. The van der Waals surface area contributed by atoms with E-state index in [1.54, 1.807) is 65.0 Å². The van der Waals surface area contributed by atoms with Gasteiger partial charge in [-0.25, -0.2) is 9.78 Å². The maximum absolute atomic E-state index is 14.0. The first kappa shape index (κ1) is 33.8. The summed E-state index contributed by atoms with van der Waals surface area (Å²) in [5.74, 6) is -3.68. The number of nitrogens with zero attached hydrogens (tertiary/aromatic N) is 3. The van der Waals surface area contributed by atoms with Crippen LogP contribution in [-0.4, -0.2) is 87.6 Å². The number of aromatic nitrogens is 2. The number of rotatable bonds is 13. The minimum absolute atomic E-state index is 0.00693. The molecule has 1 fully saturated rings. The van der Waals surface area contributed by atoms with Gasteiger partial charge in [-0.2, -0.15) is 0 Å². The number of hydrogen-bond acceptors (Lipinski definition) is 9. The molecule has 1 saturated heterocycles. The van der Waals surface area contributed by atoms with Crippen LogP contribution in [0.3, 0.4) is 0 Å². The van der Waals surface area contributed by atoms with Gasteiger partial charge in [-0.05, 0) is 30.4 Å². The highest BCUT2D eigenvalue weighted by Crippen LogP contribution is 2.24. The minimum atomic E-state index is -1.08. The predicted octanol–water partition coefficient (Wildman–Crippen LogP) is 1.29. The molecule has 44 heavy (non-hydrogen) atoms. The Morgan fingerprint density at radius 1 is 0.977 bits per heavy atom. The molecular formula is C31H40N6O7. The summed E-state index contributed by atoms with van der Waals surface area (Å²) in [6.45, 7) is 8.61. The molecule has 1 aromatic heterocycles. The van der Waals surface area contributed by atoms with Crippen LogP contribution in [0, 0.1) is 11.8 Å². The number of likely N-dealkylation sites (tertiary alicyclic amines) is 1. The van der Waals surface area contributed by atoms with Gasteiger partial charge in [0.1, 0.15) is 36.2 Å². The van der Waals surface area contributed by atoms with E-state index < -0.39 is 65.8 Å². The van der Waals surface area contributed by atoms with Gasteiger partial charge in [0.05, 0.1) is 24.3 Å². The van der Waals surface area contributed by atoms with E-state index in [1.807, 2.05) is 0 Å². The Balaban J connectivity index is 1.82. The lowest BCUT2D eigenvalue weighted by Crippen LogP contribution is -2.59. The summed E-state index contributed by atoms with van der Waals surface area (Å²) in [4.78, 5) is 86.8. The number of hydrogen-bond donors (Lipinski definition) is 3. The third-order valence-electron chi connectivity index (χ3n) is 7.33. The van der Waals surface area contributed by atoms with E-state index in [2.05, 4.69) is 25.9 Å². The second-order valence-corrected chi connectivity index (χ2v) is 11.3. The van der Waals surface area contributed by atoms with Crippen molar-refractivity contribution in [2.24, 2.45) is 11.8 Å². The van der Waals surface area contributed by atoms with Crippen molar-refractivity contribution in [2.45, 2.75) is 77.7 Å².